The lowest BCUT2D eigenvalue weighted by atomic mass is 9.65. The monoisotopic (exact) mass is 276 g/mol. The second-order valence-corrected chi connectivity index (χ2v) is 6.99. The van der Waals surface area contributed by atoms with Crippen LogP contribution in [-0.2, 0) is 0 Å². The van der Waals surface area contributed by atoms with Crippen LogP contribution >= 0.6 is 0 Å². The van der Waals surface area contributed by atoms with Crippen molar-refractivity contribution in [1.82, 2.24) is 4.98 Å². The van der Waals surface area contributed by atoms with E-state index in [1.807, 2.05) is 20.0 Å². The Kier molecular flexibility index (Phi) is 4.69. The highest BCUT2D eigenvalue weighted by Crippen LogP contribution is 2.46. The molecular weight excluding hydrogens is 248 g/mol. The highest BCUT2D eigenvalue weighted by atomic mass is 16.5. The average Bonchev–Trinajstić information content (AvgIpc) is 2.37. The van der Waals surface area contributed by atoms with Gasteiger partial charge in [-0.05, 0) is 49.7 Å². The van der Waals surface area contributed by atoms with Crippen LogP contribution in [0.1, 0.15) is 65.0 Å². The van der Waals surface area contributed by atoms with E-state index in [1.165, 1.54) is 25.7 Å². The number of aromatic nitrogens is 1. The molecule has 3 nitrogen and oxygen atoms in total. The molecule has 0 bridgehead atoms. The van der Waals surface area contributed by atoms with Crippen molar-refractivity contribution in [2.24, 2.45) is 17.1 Å². The minimum atomic E-state index is 0.0495. The number of nitrogens with zero attached hydrogens (tertiary/aromatic N) is 1. The van der Waals surface area contributed by atoms with Gasteiger partial charge in [0.05, 0.1) is 12.3 Å². The summed E-state index contributed by atoms with van der Waals surface area (Å²) in [5, 5.41) is 0. The van der Waals surface area contributed by atoms with E-state index >= 15 is 0 Å². The Morgan fingerprint density at radius 3 is 2.70 bits per heavy atom. The smallest absolute Gasteiger partial charge is 0.138 e. The normalized spacial score (nSPS) is 23.6. The van der Waals surface area contributed by atoms with E-state index < -0.39 is 0 Å². The van der Waals surface area contributed by atoms with Crippen LogP contribution in [0.3, 0.4) is 0 Å². The molecule has 1 aromatic heterocycles. The summed E-state index contributed by atoms with van der Waals surface area (Å²) in [6.07, 6.45) is 8.91. The molecule has 1 fully saturated rings. The molecule has 2 unspecified atom stereocenters. The van der Waals surface area contributed by atoms with Gasteiger partial charge in [0.25, 0.3) is 0 Å². The van der Waals surface area contributed by atoms with Crippen LogP contribution in [0.25, 0.3) is 0 Å². The number of rotatable bonds is 4. The van der Waals surface area contributed by atoms with Gasteiger partial charge in [0, 0.05) is 12.2 Å². The lowest BCUT2D eigenvalue weighted by Gasteiger charge is -2.42. The van der Waals surface area contributed by atoms with Gasteiger partial charge in [-0.3, -0.25) is 4.98 Å². The third-order valence-electron chi connectivity index (χ3n) is 4.51. The zero-order valence-electron chi connectivity index (χ0n) is 13.2. The van der Waals surface area contributed by atoms with Gasteiger partial charge in [-0.15, -0.1) is 0 Å². The average molecular weight is 276 g/mol. The van der Waals surface area contributed by atoms with E-state index in [2.05, 4.69) is 24.9 Å². The van der Waals surface area contributed by atoms with Crippen molar-refractivity contribution in [1.29, 1.82) is 0 Å². The Labute approximate surface area is 122 Å². The Hall–Kier alpha value is -1.09. The predicted octanol–water partition coefficient (Wildman–Crippen LogP) is 4.09. The number of hydrogen-bond acceptors (Lipinski definition) is 3. The molecular formula is C17H28N2O. The molecule has 1 aromatic rings. The van der Waals surface area contributed by atoms with Crippen LogP contribution in [0, 0.1) is 11.3 Å². The second kappa shape index (κ2) is 6.13. The first kappa shape index (κ1) is 15.3. The lowest BCUT2D eigenvalue weighted by molar-refractivity contribution is 0.112. The third kappa shape index (κ3) is 3.51. The quantitative estimate of drug-likeness (QED) is 0.901. The molecule has 0 radical (unpaired) electrons. The van der Waals surface area contributed by atoms with E-state index in [4.69, 9.17) is 10.5 Å². The SMILES string of the molecule is CC(C)Oc1cncc(C(N)C2CCCCC2(C)C)c1. The number of pyridine rings is 1. The van der Waals surface area contributed by atoms with Crippen LogP contribution in [-0.4, -0.2) is 11.1 Å². The molecule has 0 aliphatic heterocycles. The fraction of sp³-hybridized carbons (Fsp3) is 0.706. The number of nitrogens with two attached hydrogens (primary N) is 1. The van der Waals surface area contributed by atoms with Gasteiger partial charge in [0.15, 0.2) is 0 Å². The second-order valence-electron chi connectivity index (χ2n) is 6.99. The van der Waals surface area contributed by atoms with Crippen LogP contribution in [0.4, 0.5) is 0 Å². The first-order chi connectivity index (χ1) is 9.40. The van der Waals surface area contributed by atoms with Crippen molar-refractivity contribution >= 4 is 0 Å². The van der Waals surface area contributed by atoms with Crippen molar-refractivity contribution in [3.63, 3.8) is 0 Å². The first-order valence-corrected chi connectivity index (χ1v) is 7.77. The highest BCUT2D eigenvalue weighted by Gasteiger charge is 2.36. The summed E-state index contributed by atoms with van der Waals surface area (Å²) in [7, 11) is 0. The summed E-state index contributed by atoms with van der Waals surface area (Å²) in [4.78, 5) is 4.30. The van der Waals surface area contributed by atoms with Crippen molar-refractivity contribution in [2.45, 2.75) is 65.5 Å². The minimum absolute atomic E-state index is 0.0495. The van der Waals surface area contributed by atoms with E-state index in [0.29, 0.717) is 11.3 Å². The van der Waals surface area contributed by atoms with Crippen molar-refractivity contribution in [2.75, 3.05) is 0 Å². The molecule has 112 valence electrons. The van der Waals surface area contributed by atoms with E-state index in [0.717, 1.165) is 11.3 Å². The molecule has 2 atom stereocenters. The van der Waals surface area contributed by atoms with Crippen molar-refractivity contribution in [3.05, 3.63) is 24.0 Å². The molecule has 0 aromatic carbocycles. The molecule has 1 aliphatic carbocycles. The van der Waals surface area contributed by atoms with E-state index in [1.54, 1.807) is 6.20 Å². The summed E-state index contributed by atoms with van der Waals surface area (Å²) in [6, 6.07) is 2.11. The zero-order valence-corrected chi connectivity index (χ0v) is 13.2. The van der Waals surface area contributed by atoms with Crippen LogP contribution in [0.2, 0.25) is 0 Å². The standard InChI is InChI=1S/C17H28N2O/c1-12(2)20-14-9-13(10-19-11-14)16(18)15-7-5-6-8-17(15,3)4/h9-12,15-16H,5-8,18H2,1-4H3. The topological polar surface area (TPSA) is 48.1 Å². The minimum Gasteiger partial charge on any atom is -0.489 e. The maximum atomic E-state index is 6.55. The van der Waals surface area contributed by atoms with Gasteiger partial charge in [-0.25, -0.2) is 0 Å². The molecule has 1 saturated carbocycles. The molecule has 1 heterocycles. The maximum absolute atomic E-state index is 6.55. The van der Waals surface area contributed by atoms with Crippen LogP contribution in [0.15, 0.2) is 18.5 Å². The molecule has 0 saturated heterocycles. The molecule has 20 heavy (non-hydrogen) atoms. The predicted molar refractivity (Wildman–Crippen MR) is 82.7 cm³/mol. The molecule has 0 amide bonds. The summed E-state index contributed by atoms with van der Waals surface area (Å²) >= 11 is 0. The van der Waals surface area contributed by atoms with Crippen LogP contribution < -0.4 is 10.5 Å². The Bertz CT molecular complexity index is 442. The van der Waals surface area contributed by atoms with E-state index in [-0.39, 0.29) is 12.1 Å². The first-order valence-electron chi connectivity index (χ1n) is 7.77. The number of ether oxygens (including phenoxy) is 1. The van der Waals surface area contributed by atoms with Gasteiger partial charge < -0.3 is 10.5 Å². The highest BCUT2D eigenvalue weighted by molar-refractivity contribution is 5.27. The summed E-state index contributed by atoms with van der Waals surface area (Å²) < 4.78 is 5.73. The maximum Gasteiger partial charge on any atom is 0.138 e. The third-order valence-corrected chi connectivity index (χ3v) is 4.51. The fourth-order valence-electron chi connectivity index (χ4n) is 3.37. The Morgan fingerprint density at radius 1 is 1.30 bits per heavy atom. The van der Waals surface area contributed by atoms with Crippen molar-refractivity contribution < 1.29 is 4.74 Å². The molecule has 1 aliphatic rings. The summed E-state index contributed by atoms with van der Waals surface area (Å²) in [6.45, 7) is 8.74. The lowest BCUT2D eigenvalue weighted by Crippen LogP contribution is -2.36. The molecule has 0 spiro atoms. The van der Waals surface area contributed by atoms with Gasteiger partial charge in [0.1, 0.15) is 5.75 Å². The van der Waals surface area contributed by atoms with Gasteiger partial charge >= 0.3 is 0 Å². The summed E-state index contributed by atoms with van der Waals surface area (Å²) in [5.41, 5.74) is 7.96. The molecule has 2 rings (SSSR count). The fourth-order valence-corrected chi connectivity index (χ4v) is 3.37. The number of hydrogen-bond donors (Lipinski definition) is 1. The summed E-state index contributed by atoms with van der Waals surface area (Å²) in [5.74, 6) is 1.34. The van der Waals surface area contributed by atoms with Gasteiger partial charge in [-0.1, -0.05) is 26.7 Å². The van der Waals surface area contributed by atoms with Crippen molar-refractivity contribution in [3.8, 4) is 5.75 Å². The molecule has 3 heteroatoms. The largest absolute Gasteiger partial charge is 0.489 e. The zero-order chi connectivity index (χ0) is 14.8. The molecule has 2 N–H and O–H groups in total. The van der Waals surface area contributed by atoms with Gasteiger partial charge in [-0.2, -0.15) is 0 Å². The van der Waals surface area contributed by atoms with Gasteiger partial charge in [0.2, 0.25) is 0 Å². The Morgan fingerprint density at radius 2 is 2.05 bits per heavy atom. The van der Waals surface area contributed by atoms with Crippen LogP contribution in [0.5, 0.6) is 5.75 Å². The van der Waals surface area contributed by atoms with E-state index in [9.17, 15) is 0 Å². The Balaban J connectivity index is 2.17.